The molecule has 0 radical (unpaired) electrons. The van der Waals surface area contributed by atoms with Gasteiger partial charge in [-0.3, -0.25) is 0 Å². The number of fused-ring (bicyclic) bond motifs is 1. The van der Waals surface area contributed by atoms with Crippen LogP contribution < -0.4 is 0 Å². The summed E-state index contributed by atoms with van der Waals surface area (Å²) in [7, 11) is 0. The highest BCUT2D eigenvalue weighted by atomic mass is 19.1. The number of rotatable bonds is 3. The SMILES string of the molecule is Fc1ccc(C(c2ccc(F)cc2)n2nc3ccccc3n2)cc1. The molecule has 4 rings (SSSR count). The van der Waals surface area contributed by atoms with Gasteiger partial charge in [0.25, 0.3) is 0 Å². The molecule has 0 unspecified atom stereocenters. The summed E-state index contributed by atoms with van der Waals surface area (Å²) in [5.41, 5.74) is 3.19. The standard InChI is InChI=1S/C19H13F2N3/c20-15-9-5-13(6-10-15)19(14-7-11-16(21)12-8-14)24-22-17-3-1-2-4-18(17)23-24/h1-12,19H. The van der Waals surface area contributed by atoms with E-state index in [4.69, 9.17) is 0 Å². The van der Waals surface area contributed by atoms with E-state index in [2.05, 4.69) is 10.2 Å². The number of benzene rings is 3. The summed E-state index contributed by atoms with van der Waals surface area (Å²) in [6, 6.07) is 19.5. The largest absolute Gasteiger partial charge is 0.207 e. The molecule has 3 aromatic carbocycles. The second kappa shape index (κ2) is 5.85. The minimum absolute atomic E-state index is 0.310. The molecule has 0 aliphatic carbocycles. The van der Waals surface area contributed by atoms with Crippen molar-refractivity contribution in [2.24, 2.45) is 0 Å². The van der Waals surface area contributed by atoms with Gasteiger partial charge in [0, 0.05) is 0 Å². The van der Waals surface area contributed by atoms with Gasteiger partial charge in [-0.15, -0.1) is 0 Å². The van der Waals surface area contributed by atoms with Crippen molar-refractivity contribution in [3.05, 3.63) is 95.6 Å². The van der Waals surface area contributed by atoms with Crippen LogP contribution in [0.25, 0.3) is 11.0 Å². The lowest BCUT2D eigenvalue weighted by Crippen LogP contribution is -2.15. The number of hydrogen-bond donors (Lipinski definition) is 0. The maximum atomic E-state index is 13.3. The summed E-state index contributed by atoms with van der Waals surface area (Å²) in [5.74, 6) is -0.620. The molecule has 4 aromatic rings. The van der Waals surface area contributed by atoms with E-state index in [1.807, 2.05) is 24.3 Å². The zero-order valence-electron chi connectivity index (χ0n) is 12.6. The Bertz CT molecular complexity index is 897. The van der Waals surface area contributed by atoms with Crippen molar-refractivity contribution in [3.63, 3.8) is 0 Å². The summed E-state index contributed by atoms with van der Waals surface area (Å²) >= 11 is 0. The number of hydrogen-bond acceptors (Lipinski definition) is 2. The van der Waals surface area contributed by atoms with E-state index in [0.717, 1.165) is 22.2 Å². The van der Waals surface area contributed by atoms with Crippen LogP contribution in [0.15, 0.2) is 72.8 Å². The first-order chi connectivity index (χ1) is 11.7. The molecule has 0 amide bonds. The first-order valence-corrected chi connectivity index (χ1v) is 7.53. The summed E-state index contributed by atoms with van der Waals surface area (Å²) in [4.78, 5) is 1.59. The number of nitrogens with zero attached hydrogens (tertiary/aromatic N) is 3. The third-order valence-corrected chi connectivity index (χ3v) is 3.90. The molecule has 118 valence electrons. The van der Waals surface area contributed by atoms with E-state index in [1.54, 1.807) is 29.1 Å². The average molecular weight is 321 g/mol. The van der Waals surface area contributed by atoms with Crippen LogP contribution in [-0.2, 0) is 0 Å². The summed E-state index contributed by atoms with van der Waals surface area (Å²) in [6.45, 7) is 0. The van der Waals surface area contributed by atoms with Crippen molar-refractivity contribution in [1.82, 2.24) is 15.0 Å². The number of halogens is 2. The molecule has 1 heterocycles. The fourth-order valence-corrected chi connectivity index (χ4v) is 2.74. The minimum atomic E-state index is -0.362. The van der Waals surface area contributed by atoms with Crippen LogP contribution in [0.5, 0.6) is 0 Å². The van der Waals surface area contributed by atoms with Gasteiger partial charge in [-0.1, -0.05) is 36.4 Å². The molecule has 5 heteroatoms. The smallest absolute Gasteiger partial charge is 0.123 e. The van der Waals surface area contributed by atoms with E-state index in [1.165, 1.54) is 24.3 Å². The Morgan fingerprint density at radius 2 is 1.04 bits per heavy atom. The maximum Gasteiger partial charge on any atom is 0.123 e. The van der Waals surface area contributed by atoms with Gasteiger partial charge >= 0.3 is 0 Å². The lowest BCUT2D eigenvalue weighted by atomic mass is 9.99. The van der Waals surface area contributed by atoms with Gasteiger partial charge in [-0.2, -0.15) is 15.0 Å². The monoisotopic (exact) mass is 321 g/mol. The lowest BCUT2D eigenvalue weighted by Gasteiger charge is -2.17. The van der Waals surface area contributed by atoms with Gasteiger partial charge < -0.3 is 0 Å². The zero-order valence-corrected chi connectivity index (χ0v) is 12.6. The van der Waals surface area contributed by atoms with Crippen LogP contribution in [0, 0.1) is 11.6 Å². The molecular formula is C19H13F2N3. The Labute approximate surface area is 137 Å². The van der Waals surface area contributed by atoms with Crippen LogP contribution in [0.4, 0.5) is 8.78 Å². The molecule has 0 aliphatic rings. The second-order valence-corrected chi connectivity index (χ2v) is 5.51. The number of aromatic nitrogens is 3. The molecule has 0 saturated carbocycles. The molecule has 0 bridgehead atoms. The summed E-state index contributed by atoms with van der Waals surface area (Å²) < 4.78 is 26.6. The van der Waals surface area contributed by atoms with E-state index in [-0.39, 0.29) is 17.7 Å². The van der Waals surface area contributed by atoms with Crippen molar-refractivity contribution >= 4 is 11.0 Å². The Kier molecular flexibility index (Phi) is 3.54. The first-order valence-electron chi connectivity index (χ1n) is 7.53. The molecule has 24 heavy (non-hydrogen) atoms. The average Bonchev–Trinajstić information content (AvgIpc) is 3.02. The highest BCUT2D eigenvalue weighted by molar-refractivity contribution is 5.73. The van der Waals surface area contributed by atoms with Crippen molar-refractivity contribution in [3.8, 4) is 0 Å². The molecule has 0 spiro atoms. The van der Waals surface area contributed by atoms with Crippen LogP contribution in [0.3, 0.4) is 0 Å². The maximum absolute atomic E-state index is 13.3. The topological polar surface area (TPSA) is 30.7 Å². The van der Waals surface area contributed by atoms with Crippen molar-refractivity contribution in [2.75, 3.05) is 0 Å². The van der Waals surface area contributed by atoms with Gasteiger partial charge in [-0.25, -0.2) is 8.78 Å². The Balaban J connectivity index is 1.88. The van der Waals surface area contributed by atoms with E-state index in [0.29, 0.717) is 0 Å². The first kappa shape index (κ1) is 14.5. The van der Waals surface area contributed by atoms with E-state index >= 15 is 0 Å². The molecule has 1 aromatic heterocycles. The highest BCUT2D eigenvalue weighted by Gasteiger charge is 2.19. The quantitative estimate of drug-likeness (QED) is 0.562. The zero-order chi connectivity index (χ0) is 16.5. The Morgan fingerprint density at radius 3 is 1.46 bits per heavy atom. The van der Waals surface area contributed by atoms with Crippen LogP contribution in [0.1, 0.15) is 17.2 Å². The minimum Gasteiger partial charge on any atom is -0.207 e. The summed E-state index contributed by atoms with van der Waals surface area (Å²) in [6.07, 6.45) is 0. The predicted octanol–water partition coefficient (Wildman–Crippen LogP) is 4.35. The summed E-state index contributed by atoms with van der Waals surface area (Å²) in [5, 5.41) is 9.06. The van der Waals surface area contributed by atoms with Crippen LogP contribution >= 0.6 is 0 Å². The molecule has 3 nitrogen and oxygen atoms in total. The molecule has 0 N–H and O–H groups in total. The fraction of sp³-hybridized carbons (Fsp3) is 0.0526. The molecule has 0 atom stereocenters. The van der Waals surface area contributed by atoms with Crippen molar-refractivity contribution in [1.29, 1.82) is 0 Å². The van der Waals surface area contributed by atoms with Crippen molar-refractivity contribution < 1.29 is 8.78 Å². The Morgan fingerprint density at radius 1 is 0.625 bits per heavy atom. The van der Waals surface area contributed by atoms with E-state index < -0.39 is 0 Å². The van der Waals surface area contributed by atoms with Gasteiger partial charge in [0.15, 0.2) is 0 Å². The van der Waals surface area contributed by atoms with Crippen LogP contribution in [-0.4, -0.2) is 15.0 Å². The molecule has 0 saturated heterocycles. The van der Waals surface area contributed by atoms with Gasteiger partial charge in [0.1, 0.15) is 28.7 Å². The molecule has 0 fully saturated rings. The normalized spacial score (nSPS) is 11.3. The lowest BCUT2D eigenvalue weighted by molar-refractivity contribution is 0.523. The Hall–Kier alpha value is -3.08. The predicted molar refractivity (Wildman–Crippen MR) is 87.6 cm³/mol. The third-order valence-electron chi connectivity index (χ3n) is 3.90. The van der Waals surface area contributed by atoms with Crippen LogP contribution in [0.2, 0.25) is 0 Å². The van der Waals surface area contributed by atoms with Gasteiger partial charge in [0.2, 0.25) is 0 Å². The molecule has 0 aliphatic heterocycles. The van der Waals surface area contributed by atoms with Gasteiger partial charge in [-0.05, 0) is 47.5 Å². The van der Waals surface area contributed by atoms with Crippen molar-refractivity contribution in [2.45, 2.75) is 6.04 Å². The third kappa shape index (κ3) is 2.65. The van der Waals surface area contributed by atoms with Gasteiger partial charge in [0.05, 0.1) is 0 Å². The highest BCUT2D eigenvalue weighted by Crippen LogP contribution is 2.27. The second-order valence-electron chi connectivity index (χ2n) is 5.51. The fourth-order valence-electron chi connectivity index (χ4n) is 2.74. The van der Waals surface area contributed by atoms with E-state index in [9.17, 15) is 8.78 Å². The molecular weight excluding hydrogens is 308 g/mol.